The molecule has 0 saturated carbocycles. The van der Waals surface area contributed by atoms with E-state index in [0.717, 1.165) is 72.1 Å². The first kappa shape index (κ1) is 30.8. The number of hydrogen-bond acceptors (Lipinski definition) is 3. The molecule has 0 atom stereocenters. The largest absolute Gasteiger partial charge is 0.456 e. The Morgan fingerprint density at radius 3 is 1.72 bits per heavy atom. The summed E-state index contributed by atoms with van der Waals surface area (Å²) in [6, 6.07) is 63.0. The van der Waals surface area contributed by atoms with Gasteiger partial charge >= 0.3 is 0 Å². The molecular formula is C51H35NO2. The van der Waals surface area contributed by atoms with Crippen molar-refractivity contribution in [3.63, 3.8) is 0 Å². The van der Waals surface area contributed by atoms with Crippen molar-refractivity contribution in [2.24, 2.45) is 0 Å². The summed E-state index contributed by atoms with van der Waals surface area (Å²) < 4.78 is 13.1. The summed E-state index contributed by atoms with van der Waals surface area (Å²) >= 11 is 0. The molecule has 1 aliphatic carbocycles. The summed E-state index contributed by atoms with van der Waals surface area (Å²) in [5.41, 5.74) is 16.3. The van der Waals surface area contributed by atoms with Gasteiger partial charge in [-0.1, -0.05) is 129 Å². The van der Waals surface area contributed by atoms with Crippen molar-refractivity contribution in [3.05, 3.63) is 187 Å². The number of anilines is 3. The molecule has 0 unspecified atom stereocenters. The van der Waals surface area contributed by atoms with E-state index in [4.69, 9.17) is 8.83 Å². The van der Waals surface area contributed by atoms with Gasteiger partial charge in [-0.3, -0.25) is 0 Å². The van der Waals surface area contributed by atoms with Gasteiger partial charge in [0.25, 0.3) is 0 Å². The molecule has 2 aromatic heterocycles. The molecule has 0 fully saturated rings. The molecule has 0 amide bonds. The minimum atomic E-state index is -0.150. The van der Waals surface area contributed by atoms with Crippen LogP contribution in [0.3, 0.4) is 0 Å². The van der Waals surface area contributed by atoms with Crippen LogP contribution in [0, 0.1) is 0 Å². The second-order valence-electron chi connectivity index (χ2n) is 14.9. The number of hydrogen-bond donors (Lipinski definition) is 0. The van der Waals surface area contributed by atoms with E-state index in [2.05, 4.69) is 176 Å². The normalized spacial score (nSPS) is 13.1. The van der Waals surface area contributed by atoms with Gasteiger partial charge in [0.2, 0.25) is 0 Å². The topological polar surface area (TPSA) is 29.5 Å². The molecule has 11 rings (SSSR count). The van der Waals surface area contributed by atoms with E-state index in [-0.39, 0.29) is 5.41 Å². The highest BCUT2D eigenvalue weighted by Crippen LogP contribution is 2.52. The minimum absolute atomic E-state index is 0.150. The molecule has 3 heteroatoms. The fourth-order valence-electron chi connectivity index (χ4n) is 8.76. The van der Waals surface area contributed by atoms with Gasteiger partial charge in [-0.05, 0) is 93.5 Å². The summed E-state index contributed by atoms with van der Waals surface area (Å²) in [5.74, 6) is 0. The maximum Gasteiger partial charge on any atom is 0.137 e. The van der Waals surface area contributed by atoms with Crippen molar-refractivity contribution < 1.29 is 8.83 Å². The first-order valence-electron chi connectivity index (χ1n) is 18.6. The molecule has 256 valence electrons. The molecule has 2 heterocycles. The van der Waals surface area contributed by atoms with Crippen molar-refractivity contribution in [1.29, 1.82) is 0 Å². The standard InChI is InChI=1S/C51H35NO2/c1-51(2)44-17-9-6-14-37(44)38-27-25-36(29-45(38)51)52(35-23-20-33(21-24-35)32-12-4-3-5-13-32)46-31-50-43(40-16-8-11-19-48(40)54-50)30-42(46)34-22-26-41-39-15-7-10-18-47(39)53-49(41)28-34/h3-31H,1-2H3. The van der Waals surface area contributed by atoms with E-state index >= 15 is 0 Å². The predicted molar refractivity (Wildman–Crippen MR) is 224 cm³/mol. The number of benzene rings is 8. The summed E-state index contributed by atoms with van der Waals surface area (Å²) in [6.45, 7) is 4.68. The first-order chi connectivity index (χ1) is 26.5. The van der Waals surface area contributed by atoms with Gasteiger partial charge in [-0.2, -0.15) is 0 Å². The summed E-state index contributed by atoms with van der Waals surface area (Å²) in [4.78, 5) is 2.40. The second kappa shape index (κ2) is 11.6. The molecule has 0 spiro atoms. The molecule has 0 bridgehead atoms. The Balaban J connectivity index is 1.18. The maximum absolute atomic E-state index is 6.60. The fraction of sp³-hybridized carbons (Fsp3) is 0.0588. The van der Waals surface area contributed by atoms with Crippen LogP contribution >= 0.6 is 0 Å². The number of fused-ring (bicyclic) bond motifs is 9. The first-order valence-corrected chi connectivity index (χ1v) is 18.6. The average molecular weight is 694 g/mol. The van der Waals surface area contributed by atoms with E-state index < -0.39 is 0 Å². The zero-order chi connectivity index (χ0) is 36.0. The van der Waals surface area contributed by atoms with Gasteiger partial charge in [0.05, 0.1) is 5.69 Å². The smallest absolute Gasteiger partial charge is 0.137 e. The Hall–Kier alpha value is -6.84. The maximum atomic E-state index is 6.60. The third kappa shape index (κ3) is 4.61. The molecule has 0 saturated heterocycles. The Bertz CT molecular complexity index is 3070. The van der Waals surface area contributed by atoms with Crippen molar-refractivity contribution in [2.75, 3.05) is 4.90 Å². The molecule has 0 N–H and O–H groups in total. The van der Waals surface area contributed by atoms with E-state index in [9.17, 15) is 0 Å². The lowest BCUT2D eigenvalue weighted by Gasteiger charge is -2.30. The molecule has 54 heavy (non-hydrogen) atoms. The van der Waals surface area contributed by atoms with Crippen LogP contribution in [0.25, 0.3) is 77.3 Å². The highest BCUT2D eigenvalue weighted by molar-refractivity contribution is 6.11. The zero-order valence-electron chi connectivity index (χ0n) is 30.0. The quantitative estimate of drug-likeness (QED) is 0.180. The summed E-state index contributed by atoms with van der Waals surface area (Å²) in [5, 5.41) is 4.41. The summed E-state index contributed by atoms with van der Waals surface area (Å²) in [7, 11) is 0. The lowest BCUT2D eigenvalue weighted by Crippen LogP contribution is -2.17. The van der Waals surface area contributed by atoms with Crippen molar-refractivity contribution in [3.8, 4) is 33.4 Å². The third-order valence-electron chi connectivity index (χ3n) is 11.5. The highest BCUT2D eigenvalue weighted by atomic mass is 16.3. The molecule has 0 aliphatic heterocycles. The second-order valence-corrected chi connectivity index (χ2v) is 14.9. The van der Waals surface area contributed by atoms with Crippen LogP contribution in [0.5, 0.6) is 0 Å². The minimum Gasteiger partial charge on any atom is -0.456 e. The molecule has 0 radical (unpaired) electrons. The van der Waals surface area contributed by atoms with E-state index in [0.29, 0.717) is 0 Å². The Morgan fingerprint density at radius 2 is 0.944 bits per heavy atom. The molecule has 10 aromatic rings. The average Bonchev–Trinajstić information content (AvgIpc) is 3.85. The van der Waals surface area contributed by atoms with Crippen molar-refractivity contribution in [2.45, 2.75) is 19.3 Å². The van der Waals surface area contributed by atoms with Gasteiger partial charge in [-0.25, -0.2) is 0 Å². The molecule has 1 aliphatic rings. The SMILES string of the molecule is CC1(C)c2ccccc2-c2ccc(N(c3ccc(-c4ccccc4)cc3)c3cc4oc5ccccc5c4cc3-c3ccc4c(c3)oc3ccccc34)cc21. The lowest BCUT2D eigenvalue weighted by molar-refractivity contribution is 0.660. The highest BCUT2D eigenvalue weighted by Gasteiger charge is 2.36. The van der Waals surface area contributed by atoms with Crippen LogP contribution in [0.2, 0.25) is 0 Å². The Morgan fingerprint density at radius 1 is 0.370 bits per heavy atom. The van der Waals surface area contributed by atoms with Crippen LogP contribution in [0.4, 0.5) is 17.1 Å². The van der Waals surface area contributed by atoms with Crippen LogP contribution < -0.4 is 4.90 Å². The van der Waals surface area contributed by atoms with Crippen LogP contribution in [-0.4, -0.2) is 0 Å². The van der Waals surface area contributed by atoms with E-state index in [1.807, 2.05) is 18.2 Å². The number of para-hydroxylation sites is 2. The summed E-state index contributed by atoms with van der Waals surface area (Å²) in [6.07, 6.45) is 0. The van der Waals surface area contributed by atoms with E-state index in [1.54, 1.807) is 0 Å². The van der Waals surface area contributed by atoms with Crippen LogP contribution in [0.1, 0.15) is 25.0 Å². The number of rotatable bonds is 5. The van der Waals surface area contributed by atoms with Gasteiger partial charge in [0.15, 0.2) is 0 Å². The van der Waals surface area contributed by atoms with Crippen LogP contribution in [0.15, 0.2) is 185 Å². The zero-order valence-corrected chi connectivity index (χ0v) is 30.0. The molecule has 8 aromatic carbocycles. The predicted octanol–water partition coefficient (Wildman–Crippen LogP) is 14.6. The molecular weight excluding hydrogens is 659 g/mol. The van der Waals surface area contributed by atoms with E-state index in [1.165, 1.54) is 33.4 Å². The number of nitrogens with zero attached hydrogens (tertiary/aromatic N) is 1. The van der Waals surface area contributed by atoms with Crippen molar-refractivity contribution >= 4 is 60.9 Å². The van der Waals surface area contributed by atoms with Crippen molar-refractivity contribution in [1.82, 2.24) is 0 Å². The van der Waals surface area contributed by atoms with Gasteiger partial charge in [0.1, 0.15) is 22.3 Å². The number of furan rings is 2. The van der Waals surface area contributed by atoms with Gasteiger partial charge < -0.3 is 13.7 Å². The van der Waals surface area contributed by atoms with Gasteiger partial charge in [0, 0.05) is 50.0 Å². The fourth-order valence-corrected chi connectivity index (χ4v) is 8.76. The third-order valence-corrected chi connectivity index (χ3v) is 11.5. The lowest BCUT2D eigenvalue weighted by atomic mass is 9.82. The Kier molecular flexibility index (Phi) is 6.60. The monoisotopic (exact) mass is 693 g/mol. The van der Waals surface area contributed by atoms with Crippen LogP contribution in [-0.2, 0) is 5.41 Å². The van der Waals surface area contributed by atoms with Gasteiger partial charge in [-0.15, -0.1) is 0 Å². The molecule has 3 nitrogen and oxygen atoms in total. The Labute approximate surface area is 313 Å².